The van der Waals surface area contributed by atoms with Crippen molar-refractivity contribution in [1.29, 1.82) is 0 Å². The van der Waals surface area contributed by atoms with E-state index in [1.165, 1.54) is 0 Å². The van der Waals surface area contributed by atoms with E-state index in [2.05, 4.69) is 22.1 Å². The lowest BCUT2D eigenvalue weighted by Crippen LogP contribution is -2.62. The molecule has 0 saturated carbocycles. The van der Waals surface area contributed by atoms with Gasteiger partial charge in [0.25, 0.3) is 0 Å². The molecular weight excluding hydrogens is 1940 g/mol. The van der Waals surface area contributed by atoms with Crippen LogP contribution in [0, 0.1) is 192 Å². The highest BCUT2D eigenvalue weighted by Gasteiger charge is 2.65. The van der Waals surface area contributed by atoms with E-state index in [4.69, 9.17) is 55.4 Å². The molecular formula is C57H26Cl5F45O5Si5. The van der Waals surface area contributed by atoms with Crippen LogP contribution in [-0.2, 0) is 34.5 Å². The van der Waals surface area contributed by atoms with E-state index < -0.39 is 334 Å². The Morgan fingerprint density at radius 2 is 0.436 bits per heavy atom. The molecule has 0 aliphatic rings. The first kappa shape index (κ1) is 105. The zero-order valence-corrected chi connectivity index (χ0v) is 64.5. The Labute approximate surface area is 647 Å². The van der Waals surface area contributed by atoms with Gasteiger partial charge in [-0.2, -0.15) is 48.3 Å². The predicted molar refractivity (Wildman–Crippen MR) is 325 cm³/mol. The summed E-state index contributed by atoms with van der Waals surface area (Å²) in [6, 6.07) is 0. The van der Waals surface area contributed by atoms with Gasteiger partial charge in [0.05, 0.1) is 36.3 Å². The maximum absolute atomic E-state index is 14.4. The summed E-state index contributed by atoms with van der Waals surface area (Å²) >= 11 is 27.5. The highest BCUT2D eigenvalue weighted by Crippen LogP contribution is 2.41. The van der Waals surface area contributed by atoms with Gasteiger partial charge in [-0.25, -0.2) is 149 Å². The number of rotatable bonds is 17. The molecule has 654 valence electrons. The van der Waals surface area contributed by atoms with Crippen molar-refractivity contribution in [3.05, 3.63) is 215 Å². The van der Waals surface area contributed by atoms with Crippen LogP contribution in [-0.4, -0.2) is 77.5 Å². The highest BCUT2D eigenvalue weighted by molar-refractivity contribution is 7.31. The SMILES string of the molecule is CCO[Si](Cl)(C(F)=C(F)F)c1c(F)c(F)c(F)c(F)c1F.CCO[Si](Cl)(c1c(F)c(F)c(C(F)(F)F)c(F)c1F)c1c(F)c(F)c(C(F)(F)F)c(F)c1F.CCO[Si](Cl)(c1c(F)c(F)c(F)c(F)c1F)C(F)(F)F.CCO[Si](Cl)(c1c(F)c(F)c(F)c(F)c1F)c1c(F)c(F)c(F)c(F)c1F.CO[Si](C)(Cl)c1c(F)c(F)c(F)c(F)c1F. The van der Waals surface area contributed by atoms with Crippen molar-refractivity contribution >= 4 is 130 Å². The minimum absolute atomic E-state index is 0.601. The highest BCUT2D eigenvalue weighted by atomic mass is 35.6. The second kappa shape index (κ2) is 38.7. The molecule has 0 spiro atoms. The fraction of sp³-hybridized carbons (Fsp3) is 0.228. The van der Waals surface area contributed by atoms with E-state index in [-0.39, 0.29) is 0 Å². The largest absolute Gasteiger partial charge is 0.448 e. The molecule has 3 atom stereocenters. The average Bonchev–Trinajstić information content (AvgIpc) is 0.721. The van der Waals surface area contributed by atoms with E-state index in [1.807, 2.05) is 0 Å². The molecule has 0 saturated heterocycles. The molecule has 0 heterocycles. The van der Waals surface area contributed by atoms with E-state index in [1.54, 1.807) is 0 Å². The Balaban J connectivity index is 0.000000387. The molecule has 0 aliphatic heterocycles. The van der Waals surface area contributed by atoms with Crippen LogP contribution in [0.3, 0.4) is 0 Å². The lowest BCUT2D eigenvalue weighted by molar-refractivity contribution is -0.144. The molecule has 3 unspecified atom stereocenters. The zero-order chi connectivity index (χ0) is 91.8. The van der Waals surface area contributed by atoms with Gasteiger partial charge in [0.15, 0.2) is 168 Å². The molecule has 0 bridgehead atoms. The molecule has 7 aromatic carbocycles. The van der Waals surface area contributed by atoms with Crippen molar-refractivity contribution in [2.45, 2.75) is 52.4 Å². The van der Waals surface area contributed by atoms with Crippen molar-refractivity contribution in [3.63, 3.8) is 0 Å². The molecule has 0 radical (unpaired) electrons. The Bertz CT molecular complexity index is 4640. The Hall–Kier alpha value is -6.54. The van der Waals surface area contributed by atoms with Crippen molar-refractivity contribution < 1.29 is 220 Å². The molecule has 117 heavy (non-hydrogen) atoms. The van der Waals surface area contributed by atoms with E-state index in [0.29, 0.717) is 0 Å². The second-order valence-electron chi connectivity index (χ2n) is 21.0. The summed E-state index contributed by atoms with van der Waals surface area (Å²) in [5, 5.41) is -14.0. The summed E-state index contributed by atoms with van der Waals surface area (Å²) in [4.78, 5) is 0. The predicted octanol–water partition coefficient (Wildman–Crippen LogP) is 19.5. The summed E-state index contributed by atoms with van der Waals surface area (Å²) in [7, 11) is -25.8. The Kier molecular flexibility index (Phi) is 34.6. The van der Waals surface area contributed by atoms with Crippen molar-refractivity contribution in [1.82, 2.24) is 0 Å². The third-order valence-electron chi connectivity index (χ3n) is 14.1. The van der Waals surface area contributed by atoms with Gasteiger partial charge in [-0.1, -0.05) is 0 Å². The molecule has 0 amide bonds. The van der Waals surface area contributed by atoms with Crippen LogP contribution in [0.15, 0.2) is 11.5 Å². The first-order valence-electron chi connectivity index (χ1n) is 28.9. The van der Waals surface area contributed by atoms with Crippen LogP contribution in [0.4, 0.5) is 198 Å². The van der Waals surface area contributed by atoms with Gasteiger partial charge in [0.2, 0.25) is 29.1 Å². The third-order valence-corrected chi connectivity index (χ3v) is 33.8. The summed E-state index contributed by atoms with van der Waals surface area (Å²) in [6.45, 7) is 2.08. The summed E-state index contributed by atoms with van der Waals surface area (Å²) in [5.41, 5.74) is -8.80. The van der Waals surface area contributed by atoms with Crippen LogP contribution in [0.2, 0.25) is 6.55 Å². The van der Waals surface area contributed by atoms with E-state index in [0.717, 1.165) is 41.4 Å². The standard InChI is InChI=1S/C16H5ClF14OSi.C14H5ClF10OSi.C10H5ClF8OSi.C9H5ClF8OSi.C8H6ClF5OSi/c1-2-32-33(17,13-9(22)5(18)3(15(26,27)28)6(19)10(13)23)14-11(24)7(20)4(16(29,30)31)8(21)12(14)25;1-2-26-27(15,13-9(22)5(18)3(16)6(19)10(13)23)14-11(24)7(20)4(17)8(21)12(14)25;1-2-20-21(11,10(19)9(17)18)8-6(15)4(13)3(12)5(14)7(8)16;1-2-19-20(10,9(16,17)18)8-6(14)4(12)3(11)5(13)7(8)15;1-15-16(2,9)8-6(13)4(11)3(10)5(12)7(8)14/h2H2,1H3;2H2,1H3;2H2,1H3;2H2,1H3;1-2H3. The fourth-order valence-electron chi connectivity index (χ4n) is 8.97. The monoisotopic (exact) mass is 1960 g/mol. The summed E-state index contributed by atoms with van der Waals surface area (Å²) < 4.78 is 622. The van der Waals surface area contributed by atoms with Crippen molar-refractivity contribution in [3.8, 4) is 0 Å². The van der Waals surface area contributed by atoms with Crippen molar-refractivity contribution in [2.24, 2.45) is 0 Å². The quantitative estimate of drug-likeness (QED) is 0.0299. The average molecular weight is 1960 g/mol. The number of hydrogen-bond acceptors (Lipinski definition) is 5. The molecule has 7 rings (SSSR count). The van der Waals surface area contributed by atoms with Crippen LogP contribution >= 0.6 is 55.4 Å². The van der Waals surface area contributed by atoms with Gasteiger partial charge >= 0.3 is 62.4 Å². The first-order chi connectivity index (χ1) is 53.1. The molecule has 5 nitrogen and oxygen atoms in total. The van der Waals surface area contributed by atoms with Crippen LogP contribution < -0.4 is 36.3 Å². The molecule has 60 heteroatoms. The van der Waals surface area contributed by atoms with E-state index >= 15 is 0 Å². The molecule has 0 fully saturated rings. The normalized spacial score (nSPS) is 13.6. The Morgan fingerprint density at radius 1 is 0.256 bits per heavy atom. The van der Waals surface area contributed by atoms with Crippen molar-refractivity contribution in [2.75, 3.05) is 33.5 Å². The summed E-state index contributed by atoms with van der Waals surface area (Å²) in [5.74, 6) is -91.5. The lowest BCUT2D eigenvalue weighted by atomic mass is 10.1. The van der Waals surface area contributed by atoms with Gasteiger partial charge < -0.3 is 22.1 Å². The van der Waals surface area contributed by atoms with Gasteiger partial charge in [-0.3, -0.25) is 0 Å². The van der Waals surface area contributed by atoms with E-state index in [9.17, 15) is 198 Å². The van der Waals surface area contributed by atoms with Gasteiger partial charge in [-0.15, -0.1) is 55.4 Å². The number of halogens is 50. The number of alkyl halides is 9. The Morgan fingerprint density at radius 3 is 0.615 bits per heavy atom. The smallest absolute Gasteiger partial charge is 0.403 e. The molecule has 7 aromatic rings. The number of benzene rings is 7. The van der Waals surface area contributed by atoms with Crippen LogP contribution in [0.25, 0.3) is 0 Å². The second-order valence-corrected chi connectivity index (χ2v) is 42.3. The van der Waals surface area contributed by atoms with Gasteiger partial charge in [0.1, 0.15) is 11.1 Å². The van der Waals surface area contributed by atoms with Crippen LogP contribution in [0.5, 0.6) is 0 Å². The molecule has 0 N–H and O–H groups in total. The van der Waals surface area contributed by atoms with Gasteiger partial charge in [-0.05, 0) is 34.2 Å². The maximum atomic E-state index is 14.4. The van der Waals surface area contributed by atoms with Crippen LogP contribution in [0.1, 0.15) is 38.8 Å². The minimum atomic E-state index is -6.19. The maximum Gasteiger partial charge on any atom is 0.448 e. The molecule has 0 aromatic heterocycles. The minimum Gasteiger partial charge on any atom is -0.403 e. The lowest BCUT2D eigenvalue weighted by Gasteiger charge is -2.28. The molecule has 0 aliphatic carbocycles. The van der Waals surface area contributed by atoms with Gasteiger partial charge in [0, 0.05) is 33.5 Å². The fourth-order valence-corrected chi connectivity index (χ4v) is 23.9. The number of hydrogen-bond donors (Lipinski definition) is 0. The first-order valence-corrected chi connectivity index (χ1v) is 44.0. The summed E-state index contributed by atoms with van der Waals surface area (Å²) in [6.07, 6.45) is -15.2. The zero-order valence-electron chi connectivity index (χ0n) is 55.8. The topological polar surface area (TPSA) is 46.2 Å². The third kappa shape index (κ3) is 19.7.